The van der Waals surface area contributed by atoms with E-state index in [-0.39, 0.29) is 5.56 Å². The molecule has 0 fully saturated rings. The fourth-order valence-corrected chi connectivity index (χ4v) is 2.15. The molecule has 1 aromatic carbocycles. The van der Waals surface area contributed by atoms with Gasteiger partial charge in [0.25, 0.3) is 0 Å². The Bertz CT molecular complexity index is 951. The van der Waals surface area contributed by atoms with E-state index in [0.29, 0.717) is 5.65 Å². The highest BCUT2D eigenvalue weighted by molar-refractivity contribution is 5.92. The van der Waals surface area contributed by atoms with Gasteiger partial charge in [0, 0.05) is 17.6 Å². The Morgan fingerprint density at radius 3 is 2.94 bits per heavy atom. The van der Waals surface area contributed by atoms with Crippen molar-refractivity contribution >= 4 is 27.6 Å². The van der Waals surface area contributed by atoms with Crippen molar-refractivity contribution in [2.45, 2.75) is 0 Å². The Kier molecular flexibility index (Phi) is 1.64. The molecule has 5 heteroatoms. The van der Waals surface area contributed by atoms with E-state index in [1.807, 2.05) is 30.5 Å². The number of nitrogens with zero attached hydrogens (tertiary/aromatic N) is 3. The molecule has 3 heterocycles. The summed E-state index contributed by atoms with van der Waals surface area (Å²) in [5.41, 5.74) is 2.07. The number of hydrogen-bond donors (Lipinski definition) is 1. The van der Waals surface area contributed by atoms with Gasteiger partial charge < -0.3 is 4.98 Å². The average molecular weight is 236 g/mol. The second-order valence-electron chi connectivity index (χ2n) is 4.15. The average Bonchev–Trinajstić information content (AvgIpc) is 2.72. The van der Waals surface area contributed by atoms with Crippen LogP contribution in [0.2, 0.25) is 0 Å². The summed E-state index contributed by atoms with van der Waals surface area (Å²) < 4.78 is 1.70. The minimum Gasteiger partial charge on any atom is -0.305 e. The van der Waals surface area contributed by atoms with E-state index in [0.717, 1.165) is 21.9 Å². The molecular weight excluding hydrogens is 228 g/mol. The fourth-order valence-electron chi connectivity index (χ4n) is 2.15. The summed E-state index contributed by atoms with van der Waals surface area (Å²) in [5.74, 6) is 0. The molecule has 0 atom stereocenters. The molecule has 5 nitrogen and oxygen atoms in total. The Labute approximate surface area is 101 Å². The van der Waals surface area contributed by atoms with Gasteiger partial charge in [-0.1, -0.05) is 18.2 Å². The van der Waals surface area contributed by atoms with E-state index in [2.05, 4.69) is 15.1 Å². The van der Waals surface area contributed by atoms with E-state index in [1.165, 1.54) is 6.07 Å². The minimum atomic E-state index is -0.157. The zero-order valence-corrected chi connectivity index (χ0v) is 9.29. The van der Waals surface area contributed by atoms with Gasteiger partial charge >= 0.3 is 0 Å². The number of para-hydroxylation sites is 1. The molecule has 0 amide bonds. The predicted octanol–water partition coefficient (Wildman–Crippen LogP) is 1.72. The smallest absolute Gasteiger partial charge is 0.249 e. The van der Waals surface area contributed by atoms with Crippen molar-refractivity contribution in [3.05, 3.63) is 52.9 Å². The van der Waals surface area contributed by atoms with Crippen molar-refractivity contribution in [1.29, 1.82) is 0 Å². The summed E-state index contributed by atoms with van der Waals surface area (Å²) in [4.78, 5) is 18.5. The molecule has 0 radical (unpaired) electrons. The maximum Gasteiger partial charge on any atom is 0.249 e. The minimum absolute atomic E-state index is 0.157. The predicted molar refractivity (Wildman–Crippen MR) is 68.6 cm³/mol. The highest BCUT2D eigenvalue weighted by Gasteiger charge is 2.07. The van der Waals surface area contributed by atoms with Crippen LogP contribution in [0.1, 0.15) is 0 Å². The highest BCUT2D eigenvalue weighted by Crippen LogP contribution is 2.18. The molecule has 4 aromatic rings. The van der Waals surface area contributed by atoms with Gasteiger partial charge in [0.05, 0.1) is 10.9 Å². The number of H-pyrrole nitrogens is 1. The third-order valence-corrected chi connectivity index (χ3v) is 2.99. The largest absolute Gasteiger partial charge is 0.305 e. The number of benzene rings is 1. The van der Waals surface area contributed by atoms with Gasteiger partial charge in [-0.15, -0.1) is 5.10 Å². The van der Waals surface area contributed by atoms with Crippen LogP contribution in [0.5, 0.6) is 0 Å². The number of hydrogen-bond acceptors (Lipinski definition) is 3. The summed E-state index contributed by atoms with van der Waals surface area (Å²) in [7, 11) is 0. The summed E-state index contributed by atoms with van der Waals surface area (Å²) in [6.07, 6.45) is 1.91. The van der Waals surface area contributed by atoms with Crippen LogP contribution in [0.15, 0.2) is 47.4 Å². The number of pyridine rings is 1. The van der Waals surface area contributed by atoms with Crippen LogP contribution in [0.25, 0.3) is 27.6 Å². The maximum atomic E-state index is 11.3. The molecule has 18 heavy (non-hydrogen) atoms. The fraction of sp³-hybridized carbons (Fsp3) is 0. The molecule has 4 rings (SSSR count). The van der Waals surface area contributed by atoms with Crippen molar-refractivity contribution < 1.29 is 0 Å². The van der Waals surface area contributed by atoms with Crippen LogP contribution in [0.3, 0.4) is 0 Å². The maximum absolute atomic E-state index is 11.3. The van der Waals surface area contributed by atoms with Crippen LogP contribution < -0.4 is 5.56 Å². The first-order chi connectivity index (χ1) is 8.81. The Hall–Kier alpha value is -2.69. The molecular formula is C13H8N4O. The lowest BCUT2D eigenvalue weighted by Gasteiger charge is -1.97. The summed E-state index contributed by atoms with van der Waals surface area (Å²) >= 11 is 0. The van der Waals surface area contributed by atoms with Crippen molar-refractivity contribution in [3.63, 3.8) is 0 Å². The van der Waals surface area contributed by atoms with E-state index < -0.39 is 0 Å². The Morgan fingerprint density at radius 1 is 1.11 bits per heavy atom. The van der Waals surface area contributed by atoms with Crippen molar-refractivity contribution in [2.24, 2.45) is 0 Å². The van der Waals surface area contributed by atoms with Crippen LogP contribution in [-0.2, 0) is 0 Å². The lowest BCUT2D eigenvalue weighted by Crippen LogP contribution is -2.01. The molecule has 0 unspecified atom stereocenters. The van der Waals surface area contributed by atoms with Gasteiger partial charge in [0.15, 0.2) is 11.3 Å². The van der Waals surface area contributed by atoms with E-state index in [9.17, 15) is 4.79 Å². The molecule has 86 valence electrons. The van der Waals surface area contributed by atoms with Gasteiger partial charge in [0.2, 0.25) is 5.56 Å². The summed E-state index contributed by atoms with van der Waals surface area (Å²) in [6.45, 7) is 0. The third-order valence-electron chi connectivity index (χ3n) is 2.99. The third kappa shape index (κ3) is 1.18. The number of fused-ring (bicyclic) bond motifs is 4. The zero-order chi connectivity index (χ0) is 12.1. The first kappa shape index (κ1) is 9.35. The van der Waals surface area contributed by atoms with Gasteiger partial charge in [-0.2, -0.15) is 0 Å². The summed E-state index contributed by atoms with van der Waals surface area (Å²) in [5, 5.41) is 6.19. The SMILES string of the molecule is O=c1ccc2c(nn3cc4ccccc4nc23)[nH]1. The first-order valence-electron chi connectivity index (χ1n) is 5.58. The Morgan fingerprint density at radius 2 is 2.00 bits per heavy atom. The van der Waals surface area contributed by atoms with E-state index in [1.54, 1.807) is 10.6 Å². The molecule has 0 aliphatic rings. The standard InChI is InChI=1S/C13H8N4O/c18-11-6-5-9-12(15-11)16-17-7-8-3-1-2-4-10(8)14-13(9)17/h1-7H,(H,15,16,18). The zero-order valence-electron chi connectivity index (χ0n) is 9.29. The quantitative estimate of drug-likeness (QED) is 0.505. The van der Waals surface area contributed by atoms with E-state index >= 15 is 0 Å². The van der Waals surface area contributed by atoms with Gasteiger partial charge in [-0.3, -0.25) is 4.79 Å². The van der Waals surface area contributed by atoms with E-state index in [4.69, 9.17) is 0 Å². The van der Waals surface area contributed by atoms with Crippen LogP contribution in [0.4, 0.5) is 0 Å². The van der Waals surface area contributed by atoms with Crippen molar-refractivity contribution in [1.82, 2.24) is 19.6 Å². The number of aromatic amines is 1. The van der Waals surface area contributed by atoms with Gasteiger partial charge in [-0.05, 0) is 12.1 Å². The van der Waals surface area contributed by atoms with Crippen molar-refractivity contribution in [3.8, 4) is 0 Å². The molecule has 0 aliphatic heterocycles. The lowest BCUT2D eigenvalue weighted by molar-refractivity contribution is 0.960. The second kappa shape index (κ2) is 3.16. The van der Waals surface area contributed by atoms with Gasteiger partial charge in [-0.25, -0.2) is 9.50 Å². The summed E-state index contributed by atoms with van der Waals surface area (Å²) in [6, 6.07) is 11.1. The second-order valence-corrected chi connectivity index (χ2v) is 4.15. The lowest BCUT2D eigenvalue weighted by atomic mass is 10.2. The van der Waals surface area contributed by atoms with Crippen LogP contribution >= 0.6 is 0 Å². The molecule has 1 N–H and O–H groups in total. The molecule has 0 spiro atoms. The normalized spacial score (nSPS) is 11.6. The topological polar surface area (TPSA) is 63.1 Å². The van der Waals surface area contributed by atoms with Gasteiger partial charge in [0.1, 0.15) is 0 Å². The Balaban J connectivity index is 2.27. The molecule has 0 saturated heterocycles. The number of rotatable bonds is 0. The van der Waals surface area contributed by atoms with Crippen LogP contribution in [0, 0.1) is 0 Å². The monoisotopic (exact) mass is 236 g/mol. The highest BCUT2D eigenvalue weighted by atomic mass is 16.1. The molecule has 0 aliphatic carbocycles. The van der Waals surface area contributed by atoms with Crippen molar-refractivity contribution in [2.75, 3.05) is 0 Å². The number of nitrogens with one attached hydrogen (secondary N) is 1. The van der Waals surface area contributed by atoms with Crippen LogP contribution in [-0.4, -0.2) is 19.6 Å². The molecule has 0 bridgehead atoms. The molecule has 0 saturated carbocycles. The first-order valence-corrected chi connectivity index (χ1v) is 5.58. The number of aromatic nitrogens is 4. The molecule has 3 aromatic heterocycles.